The third-order valence-corrected chi connectivity index (χ3v) is 7.04. The summed E-state index contributed by atoms with van der Waals surface area (Å²) in [5, 5.41) is 4.00. The van der Waals surface area contributed by atoms with Crippen molar-refractivity contribution in [3.8, 4) is 0 Å². The molecule has 0 fully saturated rings. The monoisotopic (exact) mass is 538 g/mol. The summed E-state index contributed by atoms with van der Waals surface area (Å²) >= 11 is 12.6. The maximum absolute atomic E-state index is 13.8. The van der Waals surface area contributed by atoms with Crippen LogP contribution in [0.2, 0.25) is 10.0 Å². The van der Waals surface area contributed by atoms with Crippen LogP contribution in [0.3, 0.4) is 0 Å². The van der Waals surface area contributed by atoms with E-state index in [0.717, 1.165) is 23.1 Å². The summed E-state index contributed by atoms with van der Waals surface area (Å²) in [6.07, 6.45) is 2.11. The first-order chi connectivity index (χ1) is 17.8. The third kappa shape index (κ3) is 8.62. The molecule has 0 aliphatic rings. The van der Waals surface area contributed by atoms with Gasteiger partial charge >= 0.3 is 0 Å². The normalized spacial score (nSPS) is 11.8. The number of hydrogen-bond acceptors (Lipinski definition) is 2. The maximum Gasteiger partial charge on any atom is 0.243 e. The molecule has 0 radical (unpaired) electrons. The molecule has 0 spiro atoms. The lowest BCUT2D eigenvalue weighted by molar-refractivity contribution is -0.141. The number of hydrogen-bond donors (Lipinski definition) is 1. The minimum absolute atomic E-state index is 0.0912. The van der Waals surface area contributed by atoms with Crippen molar-refractivity contribution in [2.45, 2.75) is 65.0 Å². The smallest absolute Gasteiger partial charge is 0.243 e. The Morgan fingerprint density at radius 2 is 1.62 bits per heavy atom. The van der Waals surface area contributed by atoms with Crippen LogP contribution in [0.1, 0.15) is 61.8 Å². The van der Waals surface area contributed by atoms with Gasteiger partial charge in [0, 0.05) is 36.0 Å². The SMILES string of the molecule is CCCNC(=O)[C@H](Cc1ccccc1)N(Cc1ccc(Cl)cc1Cl)C(=O)CCc1ccc(C(C)C)cc1. The lowest BCUT2D eigenvalue weighted by Gasteiger charge is -2.32. The fourth-order valence-electron chi connectivity index (χ4n) is 4.22. The maximum atomic E-state index is 13.8. The molecule has 1 N–H and O–H groups in total. The molecule has 3 aromatic carbocycles. The second-order valence-electron chi connectivity index (χ2n) is 9.65. The number of nitrogens with zero attached hydrogens (tertiary/aromatic N) is 1. The van der Waals surface area contributed by atoms with Gasteiger partial charge in [0.25, 0.3) is 0 Å². The summed E-state index contributed by atoms with van der Waals surface area (Å²) in [4.78, 5) is 28.8. The Kier molecular flexibility index (Phi) is 11.0. The van der Waals surface area contributed by atoms with Gasteiger partial charge in [0.1, 0.15) is 6.04 Å². The molecule has 3 aromatic rings. The molecule has 1 atom stereocenters. The molecular formula is C31H36Cl2N2O2. The third-order valence-electron chi connectivity index (χ3n) is 6.45. The zero-order chi connectivity index (χ0) is 26.8. The number of amides is 2. The Morgan fingerprint density at radius 1 is 0.919 bits per heavy atom. The van der Waals surface area contributed by atoms with Crippen LogP contribution in [-0.4, -0.2) is 29.3 Å². The molecule has 0 aromatic heterocycles. The molecule has 37 heavy (non-hydrogen) atoms. The topological polar surface area (TPSA) is 49.4 Å². The van der Waals surface area contributed by atoms with Gasteiger partial charge in [-0.2, -0.15) is 0 Å². The molecule has 2 amide bonds. The van der Waals surface area contributed by atoms with Crippen LogP contribution in [0, 0.1) is 0 Å². The highest BCUT2D eigenvalue weighted by molar-refractivity contribution is 6.35. The first-order valence-corrected chi connectivity index (χ1v) is 13.7. The highest BCUT2D eigenvalue weighted by atomic mass is 35.5. The Hall–Kier alpha value is -2.82. The van der Waals surface area contributed by atoms with Crippen LogP contribution in [-0.2, 0) is 29.0 Å². The Labute approximate surface area is 231 Å². The van der Waals surface area contributed by atoms with Crippen LogP contribution < -0.4 is 5.32 Å². The highest BCUT2D eigenvalue weighted by Gasteiger charge is 2.30. The molecule has 3 rings (SSSR count). The van der Waals surface area contributed by atoms with Gasteiger partial charge < -0.3 is 10.2 Å². The number of carbonyl (C=O) groups excluding carboxylic acids is 2. The lowest BCUT2D eigenvalue weighted by atomic mass is 9.99. The van der Waals surface area contributed by atoms with Crippen LogP contribution in [0.25, 0.3) is 0 Å². The summed E-state index contributed by atoms with van der Waals surface area (Å²) in [6.45, 7) is 7.10. The number of carbonyl (C=O) groups is 2. The van der Waals surface area contributed by atoms with Crippen LogP contribution in [0.15, 0.2) is 72.8 Å². The van der Waals surface area contributed by atoms with E-state index in [1.807, 2.05) is 43.3 Å². The molecule has 0 saturated heterocycles. The van der Waals surface area contributed by atoms with Crippen molar-refractivity contribution in [2.24, 2.45) is 0 Å². The molecule has 0 aliphatic carbocycles. The van der Waals surface area contributed by atoms with Crippen LogP contribution in [0.4, 0.5) is 0 Å². The van der Waals surface area contributed by atoms with Gasteiger partial charge in [0.15, 0.2) is 0 Å². The van der Waals surface area contributed by atoms with Crippen molar-refractivity contribution >= 4 is 35.0 Å². The van der Waals surface area contributed by atoms with Gasteiger partial charge in [0.2, 0.25) is 11.8 Å². The summed E-state index contributed by atoms with van der Waals surface area (Å²) in [5.74, 6) is 0.202. The van der Waals surface area contributed by atoms with E-state index in [1.54, 1.807) is 17.0 Å². The molecule has 0 bridgehead atoms. The summed E-state index contributed by atoms with van der Waals surface area (Å²) in [6, 6.07) is 22.8. The van der Waals surface area contributed by atoms with Crippen molar-refractivity contribution in [2.75, 3.05) is 6.54 Å². The zero-order valence-electron chi connectivity index (χ0n) is 21.8. The highest BCUT2D eigenvalue weighted by Crippen LogP contribution is 2.25. The van der Waals surface area contributed by atoms with E-state index in [-0.39, 0.29) is 18.4 Å². The van der Waals surface area contributed by atoms with E-state index in [9.17, 15) is 9.59 Å². The standard InChI is InChI=1S/C31H36Cl2N2O2/c1-4-18-34-31(37)29(19-24-8-6-5-7-9-24)35(21-26-15-16-27(32)20-28(26)33)30(36)17-12-23-10-13-25(14-11-23)22(2)3/h5-11,13-16,20,22,29H,4,12,17-19,21H2,1-3H3,(H,34,37)/t29-/m0/s1. The fraction of sp³-hybridized carbons (Fsp3) is 0.355. The molecule has 0 unspecified atom stereocenters. The second-order valence-corrected chi connectivity index (χ2v) is 10.5. The number of aryl methyl sites for hydroxylation is 1. The largest absolute Gasteiger partial charge is 0.354 e. The van der Waals surface area contributed by atoms with Crippen LogP contribution >= 0.6 is 23.2 Å². The Morgan fingerprint density at radius 3 is 2.24 bits per heavy atom. The van der Waals surface area contributed by atoms with Crippen molar-refractivity contribution in [1.82, 2.24) is 10.2 Å². The molecule has 0 saturated carbocycles. The number of benzene rings is 3. The quantitative estimate of drug-likeness (QED) is 0.264. The predicted molar refractivity (Wildman–Crippen MR) is 153 cm³/mol. The Balaban J connectivity index is 1.89. The molecule has 196 valence electrons. The first kappa shape index (κ1) is 28.7. The molecule has 6 heteroatoms. The van der Waals surface area contributed by atoms with Crippen molar-refractivity contribution in [1.29, 1.82) is 0 Å². The van der Waals surface area contributed by atoms with Gasteiger partial charge in [-0.3, -0.25) is 9.59 Å². The van der Waals surface area contributed by atoms with Crippen molar-refractivity contribution in [3.05, 3.63) is 105 Å². The van der Waals surface area contributed by atoms with Gasteiger partial charge in [-0.15, -0.1) is 0 Å². The Bertz CT molecular complexity index is 1160. The van der Waals surface area contributed by atoms with Gasteiger partial charge in [0.05, 0.1) is 0 Å². The molecular weight excluding hydrogens is 503 g/mol. The van der Waals surface area contributed by atoms with E-state index in [2.05, 4.69) is 43.4 Å². The van der Waals surface area contributed by atoms with Gasteiger partial charge in [-0.25, -0.2) is 0 Å². The summed E-state index contributed by atoms with van der Waals surface area (Å²) < 4.78 is 0. The van der Waals surface area contributed by atoms with Crippen molar-refractivity contribution in [3.63, 3.8) is 0 Å². The molecule has 4 nitrogen and oxygen atoms in total. The first-order valence-electron chi connectivity index (χ1n) is 12.9. The van der Waals surface area contributed by atoms with Crippen molar-refractivity contribution < 1.29 is 9.59 Å². The van der Waals surface area contributed by atoms with Crippen LogP contribution in [0.5, 0.6) is 0 Å². The van der Waals surface area contributed by atoms with E-state index in [4.69, 9.17) is 23.2 Å². The number of rotatable bonds is 12. The van der Waals surface area contributed by atoms with Gasteiger partial charge in [-0.05, 0) is 53.1 Å². The molecule has 0 heterocycles. The van der Waals surface area contributed by atoms with E-state index in [0.29, 0.717) is 41.8 Å². The second kappa shape index (κ2) is 14.2. The average molecular weight is 540 g/mol. The summed E-state index contributed by atoms with van der Waals surface area (Å²) in [7, 11) is 0. The van der Waals surface area contributed by atoms with Gasteiger partial charge in [-0.1, -0.05) is 105 Å². The van der Waals surface area contributed by atoms with E-state index in [1.165, 1.54) is 5.56 Å². The average Bonchev–Trinajstić information content (AvgIpc) is 2.89. The number of halogens is 2. The van der Waals surface area contributed by atoms with E-state index >= 15 is 0 Å². The van der Waals surface area contributed by atoms with E-state index < -0.39 is 6.04 Å². The fourth-order valence-corrected chi connectivity index (χ4v) is 4.69. The lowest BCUT2D eigenvalue weighted by Crippen LogP contribution is -2.50. The number of nitrogens with one attached hydrogen (secondary N) is 1. The zero-order valence-corrected chi connectivity index (χ0v) is 23.4. The predicted octanol–water partition coefficient (Wildman–Crippen LogP) is 7.22. The minimum Gasteiger partial charge on any atom is -0.354 e. The minimum atomic E-state index is -0.670. The molecule has 0 aliphatic heterocycles. The summed E-state index contributed by atoms with van der Waals surface area (Å²) in [5.41, 5.74) is 4.10.